The van der Waals surface area contributed by atoms with E-state index in [4.69, 9.17) is 0 Å². The van der Waals surface area contributed by atoms with E-state index in [1.54, 1.807) is 12.2 Å². The molecule has 3 heteroatoms. The molecule has 0 radical (unpaired) electrons. The summed E-state index contributed by atoms with van der Waals surface area (Å²) < 4.78 is 0. The molecule has 0 aliphatic heterocycles. The van der Waals surface area contributed by atoms with Gasteiger partial charge in [-0.15, -0.1) is 5.73 Å². The number of halogens is 1. The molecule has 0 unspecified atom stereocenters. The molecule has 0 aromatic carbocycles. The summed E-state index contributed by atoms with van der Waals surface area (Å²) >= 11 is 3.16. The number of carboxylic acid groups (broad SMARTS) is 1. The van der Waals surface area contributed by atoms with Gasteiger partial charge in [-0.25, -0.2) is 0 Å². The van der Waals surface area contributed by atoms with Crippen LogP contribution in [0.15, 0.2) is 17.9 Å². The monoisotopic (exact) mass is 203 g/mol. The molecule has 0 atom stereocenters. The van der Waals surface area contributed by atoms with Crippen molar-refractivity contribution in [3.63, 3.8) is 0 Å². The maximum absolute atomic E-state index is 9.85. The highest BCUT2D eigenvalue weighted by atomic mass is 79.9. The summed E-state index contributed by atoms with van der Waals surface area (Å²) in [7, 11) is 0. The minimum absolute atomic E-state index is 0.0725. The van der Waals surface area contributed by atoms with Crippen molar-refractivity contribution in [2.45, 2.75) is 12.8 Å². The molecule has 0 saturated carbocycles. The third-order valence-electron chi connectivity index (χ3n) is 0.806. The van der Waals surface area contributed by atoms with Gasteiger partial charge >= 0.3 is 0 Å². The summed E-state index contributed by atoms with van der Waals surface area (Å²) in [6.07, 6.45) is 4.02. The quantitative estimate of drug-likeness (QED) is 0.497. The molecule has 0 aromatic heterocycles. The fourth-order valence-corrected chi connectivity index (χ4v) is 0.588. The van der Waals surface area contributed by atoms with Crippen molar-refractivity contribution in [2.24, 2.45) is 0 Å². The summed E-state index contributed by atoms with van der Waals surface area (Å²) in [5.74, 6) is -1.02. The van der Waals surface area contributed by atoms with Crippen LogP contribution < -0.4 is 5.11 Å². The predicted molar refractivity (Wildman–Crippen MR) is 40.7 cm³/mol. The number of rotatable bonds is 4. The van der Waals surface area contributed by atoms with E-state index in [0.29, 0.717) is 6.42 Å². The Bertz CT molecular complexity index is 157. The summed E-state index contributed by atoms with van der Waals surface area (Å²) in [6.45, 7) is 0. The molecular weight excluding hydrogens is 196 g/mol. The molecule has 0 amide bonds. The number of carbonyl (C=O) groups is 1. The van der Waals surface area contributed by atoms with Gasteiger partial charge < -0.3 is 9.90 Å². The van der Waals surface area contributed by atoms with E-state index in [1.807, 2.05) is 0 Å². The van der Waals surface area contributed by atoms with Crippen molar-refractivity contribution in [2.75, 3.05) is 5.33 Å². The summed E-state index contributed by atoms with van der Waals surface area (Å²) in [5, 5.41) is 10.6. The molecular formula is C7H8BrO2-. The highest BCUT2D eigenvalue weighted by Crippen LogP contribution is 1.87. The van der Waals surface area contributed by atoms with Crippen molar-refractivity contribution >= 4 is 21.9 Å². The predicted octanol–water partition coefficient (Wildman–Crippen LogP) is 0.623. The van der Waals surface area contributed by atoms with Crippen molar-refractivity contribution in [3.05, 3.63) is 17.9 Å². The van der Waals surface area contributed by atoms with Crippen LogP contribution in [-0.2, 0) is 4.79 Å². The molecule has 2 nitrogen and oxygen atoms in total. The highest BCUT2D eigenvalue weighted by Gasteiger charge is 1.79. The Morgan fingerprint density at radius 3 is 2.80 bits per heavy atom. The summed E-state index contributed by atoms with van der Waals surface area (Å²) in [4.78, 5) is 9.85. The van der Waals surface area contributed by atoms with Gasteiger partial charge in [0.15, 0.2) is 0 Å². The highest BCUT2D eigenvalue weighted by molar-refractivity contribution is 9.09. The van der Waals surface area contributed by atoms with Gasteiger partial charge in [0.05, 0.1) is 0 Å². The largest absolute Gasteiger partial charge is 0.550 e. The van der Waals surface area contributed by atoms with Crippen molar-refractivity contribution in [1.82, 2.24) is 0 Å². The van der Waals surface area contributed by atoms with Gasteiger partial charge in [-0.3, -0.25) is 0 Å². The fourth-order valence-electron chi connectivity index (χ4n) is 0.401. The van der Waals surface area contributed by atoms with E-state index in [0.717, 1.165) is 5.33 Å². The smallest absolute Gasteiger partial charge is 0.0417 e. The van der Waals surface area contributed by atoms with Gasteiger partial charge in [0.25, 0.3) is 0 Å². The van der Waals surface area contributed by atoms with E-state index < -0.39 is 5.97 Å². The normalized spacial score (nSPS) is 8.10. The number of alkyl halides is 1. The lowest BCUT2D eigenvalue weighted by Gasteiger charge is -1.93. The van der Waals surface area contributed by atoms with Gasteiger partial charge in [0.2, 0.25) is 0 Å². The zero-order chi connectivity index (χ0) is 7.82. The zero-order valence-corrected chi connectivity index (χ0v) is 7.06. The first-order valence-electron chi connectivity index (χ1n) is 2.92. The zero-order valence-electron chi connectivity index (χ0n) is 5.47. The molecule has 0 aromatic rings. The van der Waals surface area contributed by atoms with Gasteiger partial charge in [-0.2, -0.15) is 0 Å². The second-order valence-electron chi connectivity index (χ2n) is 1.64. The van der Waals surface area contributed by atoms with Crippen LogP contribution in [-0.4, -0.2) is 11.3 Å². The van der Waals surface area contributed by atoms with Crippen LogP contribution in [0.25, 0.3) is 0 Å². The molecule has 0 rings (SSSR count). The Kier molecular flexibility index (Phi) is 6.24. The SMILES string of the molecule is O=C([O-])CCC=C=CCBr. The van der Waals surface area contributed by atoms with Crippen LogP contribution in [0.3, 0.4) is 0 Å². The second kappa shape index (κ2) is 6.59. The molecule has 0 aliphatic carbocycles. The average molecular weight is 204 g/mol. The van der Waals surface area contributed by atoms with E-state index in [-0.39, 0.29) is 6.42 Å². The molecule has 0 aliphatic rings. The Labute approximate surface area is 68.4 Å². The Morgan fingerprint density at radius 1 is 1.60 bits per heavy atom. The molecule has 0 fully saturated rings. The van der Waals surface area contributed by atoms with E-state index in [1.165, 1.54) is 0 Å². The van der Waals surface area contributed by atoms with Gasteiger partial charge in [0, 0.05) is 11.3 Å². The molecule has 0 spiro atoms. The maximum atomic E-state index is 9.85. The third-order valence-corrected chi connectivity index (χ3v) is 1.13. The van der Waals surface area contributed by atoms with Crippen LogP contribution in [0.2, 0.25) is 0 Å². The molecule has 0 N–H and O–H groups in total. The van der Waals surface area contributed by atoms with Crippen LogP contribution in [0.1, 0.15) is 12.8 Å². The van der Waals surface area contributed by atoms with Gasteiger partial charge in [-0.1, -0.05) is 15.9 Å². The van der Waals surface area contributed by atoms with Crippen molar-refractivity contribution < 1.29 is 9.90 Å². The van der Waals surface area contributed by atoms with Crippen molar-refractivity contribution in [3.8, 4) is 0 Å². The molecule has 0 heterocycles. The first-order valence-corrected chi connectivity index (χ1v) is 4.04. The minimum Gasteiger partial charge on any atom is -0.550 e. The van der Waals surface area contributed by atoms with Crippen LogP contribution in [0, 0.1) is 0 Å². The minimum atomic E-state index is -1.02. The standard InChI is InChI=1S/C7H9BrO2/c8-6-4-2-1-3-5-7(9)10/h1,4H,3,5-6H2,(H,9,10)/p-1. The number of hydrogen-bond donors (Lipinski definition) is 0. The van der Waals surface area contributed by atoms with E-state index >= 15 is 0 Å². The Morgan fingerprint density at radius 2 is 2.30 bits per heavy atom. The molecule has 56 valence electrons. The van der Waals surface area contributed by atoms with Crippen LogP contribution in [0.5, 0.6) is 0 Å². The Hall–Kier alpha value is -0.530. The maximum Gasteiger partial charge on any atom is 0.0417 e. The van der Waals surface area contributed by atoms with Gasteiger partial charge in [0.1, 0.15) is 0 Å². The van der Waals surface area contributed by atoms with Gasteiger partial charge in [-0.05, 0) is 25.0 Å². The first-order chi connectivity index (χ1) is 4.77. The number of hydrogen-bond acceptors (Lipinski definition) is 2. The molecule has 0 bridgehead atoms. The second-order valence-corrected chi connectivity index (χ2v) is 2.29. The summed E-state index contributed by atoms with van der Waals surface area (Å²) in [5.41, 5.74) is 2.80. The van der Waals surface area contributed by atoms with E-state index in [9.17, 15) is 9.90 Å². The van der Waals surface area contributed by atoms with E-state index in [2.05, 4.69) is 21.7 Å². The lowest BCUT2D eigenvalue weighted by Crippen LogP contribution is -2.21. The number of aliphatic carboxylic acids is 1. The summed E-state index contributed by atoms with van der Waals surface area (Å²) in [6, 6.07) is 0. The lowest BCUT2D eigenvalue weighted by molar-refractivity contribution is -0.305. The average Bonchev–Trinajstić information content (AvgIpc) is 1.87. The number of allylic oxidation sites excluding steroid dienone is 1. The lowest BCUT2D eigenvalue weighted by atomic mass is 10.3. The first kappa shape index (κ1) is 9.47. The van der Waals surface area contributed by atoms with Crippen LogP contribution >= 0.6 is 15.9 Å². The number of carboxylic acids is 1. The topological polar surface area (TPSA) is 40.1 Å². The third kappa shape index (κ3) is 7.47. The van der Waals surface area contributed by atoms with Crippen molar-refractivity contribution in [1.29, 1.82) is 0 Å². The number of carbonyl (C=O) groups excluding carboxylic acids is 1. The Balaban J connectivity index is 3.35. The van der Waals surface area contributed by atoms with Crippen LogP contribution in [0.4, 0.5) is 0 Å². The molecule has 10 heavy (non-hydrogen) atoms. The molecule has 0 saturated heterocycles. The fraction of sp³-hybridized carbons (Fsp3) is 0.429.